The van der Waals surface area contributed by atoms with Gasteiger partial charge in [0, 0.05) is 46.1 Å². The first-order chi connectivity index (χ1) is 20.8. The zero-order chi connectivity index (χ0) is 30.4. The lowest BCUT2D eigenvalue weighted by Gasteiger charge is -2.31. The van der Waals surface area contributed by atoms with Gasteiger partial charge in [-0.1, -0.05) is 74.3 Å². The lowest BCUT2D eigenvalue weighted by atomic mass is 9.82. The van der Waals surface area contributed by atoms with Crippen molar-refractivity contribution in [2.75, 3.05) is 13.2 Å². The Labute approximate surface area is 265 Å². The van der Waals surface area contributed by atoms with Gasteiger partial charge in [0.25, 0.3) is 5.91 Å². The lowest BCUT2D eigenvalue weighted by molar-refractivity contribution is -0.129. The predicted octanol–water partition coefficient (Wildman–Crippen LogP) is 7.07. The third kappa shape index (κ3) is 6.98. The summed E-state index contributed by atoms with van der Waals surface area (Å²) in [5, 5.41) is 11.9. The number of carbonyl (C=O) groups is 1. The maximum atomic E-state index is 14.3. The average molecular weight is 714 g/mol. The molecule has 0 bridgehead atoms. The fourth-order valence-corrected chi connectivity index (χ4v) is 5.78. The summed E-state index contributed by atoms with van der Waals surface area (Å²) >= 11 is 7.24. The van der Waals surface area contributed by atoms with Crippen LogP contribution in [-0.2, 0) is 22.5 Å². The van der Waals surface area contributed by atoms with Crippen LogP contribution in [0, 0.1) is 11.6 Å². The number of benzene rings is 4. The first-order valence-corrected chi connectivity index (χ1v) is 15.2. The van der Waals surface area contributed by atoms with E-state index in [4.69, 9.17) is 19.6 Å². The highest BCUT2D eigenvalue weighted by Crippen LogP contribution is 2.45. The number of carbonyl (C=O) groups excluding carboxylic acids is 1. The Hall–Kier alpha value is -3.60. The first-order valence-electron chi connectivity index (χ1n) is 13.6. The quantitative estimate of drug-likeness (QED) is 0.163. The standard InChI is InChI=1S/C33H28Br2F2N2O4/c34-26-8-3-1-6-23(26)19-33(32(41)38-20-21-10-15-28(36)29(37)18-21)30(25-7-2-4-9-27(25)35)43-31(39-33)22-11-13-24(14-12-22)42-17-5-16-40/h1-4,6-15,18,30,40H,5,16-17,19-20H2,(H,38,41)/t30-,33-/m1/s1. The van der Waals surface area contributed by atoms with Crippen molar-refractivity contribution in [3.8, 4) is 5.75 Å². The summed E-state index contributed by atoms with van der Waals surface area (Å²) in [5.41, 5.74) is 1.14. The molecule has 0 fully saturated rings. The molecule has 1 amide bonds. The molecule has 5 rings (SSSR count). The Bertz CT molecular complexity index is 1630. The minimum absolute atomic E-state index is 0.0386. The number of amides is 1. The molecular weight excluding hydrogens is 686 g/mol. The van der Waals surface area contributed by atoms with Gasteiger partial charge in [-0.15, -0.1) is 0 Å². The van der Waals surface area contributed by atoms with Crippen molar-refractivity contribution < 1.29 is 28.2 Å². The molecular formula is C33H28Br2F2N2O4. The van der Waals surface area contributed by atoms with E-state index in [0.29, 0.717) is 29.9 Å². The highest BCUT2D eigenvalue weighted by molar-refractivity contribution is 9.10. The number of nitrogens with one attached hydrogen (secondary N) is 1. The molecule has 0 spiro atoms. The van der Waals surface area contributed by atoms with E-state index in [-0.39, 0.29) is 25.5 Å². The maximum absolute atomic E-state index is 14.3. The number of ether oxygens (including phenoxy) is 2. The normalized spacial score (nSPS) is 17.7. The Kier molecular flexibility index (Phi) is 9.90. The van der Waals surface area contributed by atoms with E-state index < -0.39 is 29.2 Å². The van der Waals surface area contributed by atoms with E-state index >= 15 is 0 Å². The number of rotatable bonds is 11. The highest BCUT2D eigenvalue weighted by Gasteiger charge is 2.54. The van der Waals surface area contributed by atoms with Crippen LogP contribution >= 0.6 is 31.9 Å². The molecule has 4 aromatic carbocycles. The Morgan fingerprint density at radius 1 is 0.953 bits per heavy atom. The molecule has 0 aliphatic carbocycles. The van der Waals surface area contributed by atoms with Crippen molar-refractivity contribution >= 4 is 43.7 Å². The van der Waals surface area contributed by atoms with E-state index in [1.807, 2.05) is 48.5 Å². The van der Waals surface area contributed by atoms with Crippen LogP contribution in [0.2, 0.25) is 0 Å². The SMILES string of the molecule is O=C(NCc1ccc(F)c(F)c1)[C@]1(Cc2ccccc2Br)N=C(c2ccc(OCCCO)cc2)O[C@@H]1c1ccccc1Br. The zero-order valence-electron chi connectivity index (χ0n) is 22.9. The minimum atomic E-state index is -1.47. The van der Waals surface area contributed by atoms with E-state index in [0.717, 1.165) is 32.2 Å². The Balaban J connectivity index is 1.57. The van der Waals surface area contributed by atoms with Crippen molar-refractivity contribution in [1.29, 1.82) is 0 Å². The van der Waals surface area contributed by atoms with Gasteiger partial charge in [-0.3, -0.25) is 4.79 Å². The van der Waals surface area contributed by atoms with Crippen LogP contribution in [0.15, 0.2) is 105 Å². The first kappa shape index (κ1) is 30.8. The number of nitrogens with zero attached hydrogens (tertiary/aromatic N) is 1. The molecule has 1 heterocycles. The molecule has 10 heteroatoms. The molecule has 1 aliphatic heterocycles. The van der Waals surface area contributed by atoms with Crippen molar-refractivity contribution in [2.24, 2.45) is 4.99 Å². The van der Waals surface area contributed by atoms with Gasteiger partial charge in [-0.2, -0.15) is 0 Å². The highest BCUT2D eigenvalue weighted by atomic mass is 79.9. The van der Waals surface area contributed by atoms with E-state index in [2.05, 4.69) is 37.2 Å². The van der Waals surface area contributed by atoms with Crippen molar-refractivity contribution in [2.45, 2.75) is 31.0 Å². The fourth-order valence-electron chi connectivity index (χ4n) is 4.86. The second kappa shape index (κ2) is 13.8. The molecule has 0 aromatic heterocycles. The molecule has 0 unspecified atom stereocenters. The van der Waals surface area contributed by atoms with Crippen LogP contribution in [0.25, 0.3) is 0 Å². The molecule has 2 N–H and O–H groups in total. The van der Waals surface area contributed by atoms with E-state index in [1.165, 1.54) is 6.07 Å². The van der Waals surface area contributed by atoms with Crippen molar-refractivity contribution in [1.82, 2.24) is 5.32 Å². The zero-order valence-corrected chi connectivity index (χ0v) is 26.1. The van der Waals surface area contributed by atoms with Crippen molar-refractivity contribution in [3.05, 3.63) is 134 Å². The number of aliphatic hydroxyl groups is 1. The van der Waals surface area contributed by atoms with Gasteiger partial charge < -0.3 is 19.9 Å². The summed E-state index contributed by atoms with van der Waals surface area (Å²) < 4.78 is 41.2. The summed E-state index contributed by atoms with van der Waals surface area (Å²) in [6.45, 7) is 0.378. The third-order valence-corrected chi connectivity index (χ3v) is 8.57. The summed E-state index contributed by atoms with van der Waals surface area (Å²) in [4.78, 5) is 19.4. The molecule has 1 aliphatic rings. The largest absolute Gasteiger partial charge is 0.494 e. The topological polar surface area (TPSA) is 80.2 Å². The van der Waals surface area contributed by atoms with Crippen LogP contribution < -0.4 is 10.1 Å². The van der Waals surface area contributed by atoms with Gasteiger partial charge in [0.05, 0.1) is 6.61 Å². The van der Waals surface area contributed by atoms with Gasteiger partial charge in [-0.25, -0.2) is 13.8 Å². The number of halogens is 4. The number of hydrogen-bond acceptors (Lipinski definition) is 5. The maximum Gasteiger partial charge on any atom is 0.252 e. The molecule has 2 atom stereocenters. The summed E-state index contributed by atoms with van der Waals surface area (Å²) in [6, 6.07) is 25.8. The van der Waals surface area contributed by atoms with Crippen LogP contribution in [0.1, 0.15) is 34.8 Å². The van der Waals surface area contributed by atoms with Crippen molar-refractivity contribution in [3.63, 3.8) is 0 Å². The third-order valence-electron chi connectivity index (χ3n) is 7.07. The van der Waals surface area contributed by atoms with Gasteiger partial charge in [-0.05, 0) is 59.7 Å². The van der Waals surface area contributed by atoms with Crippen LogP contribution in [0.5, 0.6) is 5.75 Å². The summed E-state index contributed by atoms with van der Waals surface area (Å²) in [6.07, 6.45) is -0.145. The van der Waals surface area contributed by atoms with Crippen LogP contribution in [0.4, 0.5) is 8.78 Å². The monoisotopic (exact) mass is 712 g/mol. The summed E-state index contributed by atoms with van der Waals surface area (Å²) in [7, 11) is 0. The van der Waals surface area contributed by atoms with Gasteiger partial charge >= 0.3 is 0 Å². The fraction of sp³-hybridized carbons (Fsp3) is 0.212. The Morgan fingerprint density at radius 3 is 2.37 bits per heavy atom. The second-order valence-corrected chi connectivity index (χ2v) is 11.7. The van der Waals surface area contributed by atoms with Gasteiger partial charge in [0.1, 0.15) is 5.75 Å². The molecule has 222 valence electrons. The minimum Gasteiger partial charge on any atom is -0.494 e. The molecule has 4 aromatic rings. The molecule has 0 saturated heterocycles. The average Bonchev–Trinajstić information content (AvgIpc) is 3.39. The smallest absolute Gasteiger partial charge is 0.252 e. The van der Waals surface area contributed by atoms with Crippen LogP contribution in [0.3, 0.4) is 0 Å². The van der Waals surface area contributed by atoms with E-state index in [9.17, 15) is 13.6 Å². The molecule has 0 saturated carbocycles. The molecule has 6 nitrogen and oxygen atoms in total. The predicted molar refractivity (Wildman–Crippen MR) is 167 cm³/mol. The lowest BCUT2D eigenvalue weighted by Crippen LogP contribution is -2.49. The number of hydrogen-bond donors (Lipinski definition) is 2. The van der Waals surface area contributed by atoms with Gasteiger partial charge in [0.15, 0.2) is 23.3 Å². The second-order valence-electron chi connectivity index (χ2n) is 10.0. The molecule has 43 heavy (non-hydrogen) atoms. The Morgan fingerprint density at radius 2 is 1.67 bits per heavy atom. The number of aliphatic hydroxyl groups excluding tert-OH is 1. The molecule has 0 radical (unpaired) electrons. The van der Waals surface area contributed by atoms with E-state index in [1.54, 1.807) is 24.3 Å². The summed E-state index contributed by atoms with van der Waals surface area (Å²) in [5.74, 6) is -1.49. The van der Waals surface area contributed by atoms with Crippen LogP contribution in [-0.4, -0.2) is 35.7 Å². The van der Waals surface area contributed by atoms with Gasteiger partial charge in [0.2, 0.25) is 5.90 Å². The number of aliphatic imine (C=N–C) groups is 1.